The lowest BCUT2D eigenvalue weighted by molar-refractivity contribution is -0.129. The second kappa shape index (κ2) is 6.66. The minimum absolute atomic E-state index is 0.0270. The van der Waals surface area contributed by atoms with Gasteiger partial charge in [-0.25, -0.2) is 0 Å². The van der Waals surface area contributed by atoms with Gasteiger partial charge >= 0.3 is 0 Å². The van der Waals surface area contributed by atoms with Crippen LogP contribution in [0.1, 0.15) is 10.4 Å². The Labute approximate surface area is 132 Å². The van der Waals surface area contributed by atoms with Crippen LogP contribution < -0.4 is 0 Å². The van der Waals surface area contributed by atoms with E-state index in [0.717, 1.165) is 0 Å². The van der Waals surface area contributed by atoms with E-state index in [1.165, 1.54) is 0 Å². The zero-order valence-electron chi connectivity index (χ0n) is 10.6. The summed E-state index contributed by atoms with van der Waals surface area (Å²) in [6, 6.07) is 4.81. The summed E-state index contributed by atoms with van der Waals surface area (Å²) in [5, 5.41) is 0.772. The summed E-state index contributed by atoms with van der Waals surface area (Å²) in [6.07, 6.45) is 0. The topological polar surface area (TPSA) is 40.6 Å². The number of amides is 2. The molecule has 0 aliphatic carbocycles. The van der Waals surface area contributed by atoms with Gasteiger partial charge in [0.15, 0.2) is 0 Å². The van der Waals surface area contributed by atoms with Crippen molar-refractivity contribution in [3.05, 3.63) is 33.8 Å². The zero-order valence-corrected chi connectivity index (χ0v) is 12.9. The molecular weight excluding hydrogens is 323 g/mol. The Kier molecular flexibility index (Phi) is 5.13. The Morgan fingerprint density at radius 2 is 1.60 bits per heavy atom. The average molecular weight is 336 g/mol. The van der Waals surface area contributed by atoms with Crippen LogP contribution >= 0.6 is 34.8 Å². The first-order chi connectivity index (χ1) is 9.52. The van der Waals surface area contributed by atoms with Gasteiger partial charge in [-0.2, -0.15) is 0 Å². The Hall–Kier alpha value is -0.970. The highest BCUT2D eigenvalue weighted by molar-refractivity contribution is 6.42. The number of halogens is 3. The minimum Gasteiger partial charge on any atom is -0.338 e. The Morgan fingerprint density at radius 1 is 1.00 bits per heavy atom. The molecule has 20 heavy (non-hydrogen) atoms. The van der Waals surface area contributed by atoms with Gasteiger partial charge in [0.2, 0.25) is 5.91 Å². The van der Waals surface area contributed by atoms with Crippen molar-refractivity contribution in [1.29, 1.82) is 0 Å². The van der Waals surface area contributed by atoms with Crippen LogP contribution in [-0.4, -0.2) is 53.7 Å². The maximum Gasteiger partial charge on any atom is 0.254 e. The van der Waals surface area contributed by atoms with E-state index in [1.807, 2.05) is 0 Å². The molecule has 1 saturated heterocycles. The van der Waals surface area contributed by atoms with Gasteiger partial charge in [-0.05, 0) is 18.2 Å². The van der Waals surface area contributed by atoms with Gasteiger partial charge in [0.1, 0.15) is 5.88 Å². The molecule has 0 N–H and O–H groups in total. The number of rotatable bonds is 2. The fraction of sp³-hybridized carbons (Fsp3) is 0.385. The normalized spacial score (nSPS) is 15.3. The third-order valence-corrected chi connectivity index (χ3v) is 4.17. The van der Waals surface area contributed by atoms with Gasteiger partial charge < -0.3 is 9.80 Å². The van der Waals surface area contributed by atoms with Crippen molar-refractivity contribution in [2.45, 2.75) is 0 Å². The fourth-order valence-corrected chi connectivity index (χ4v) is 2.52. The lowest BCUT2D eigenvalue weighted by Crippen LogP contribution is -2.50. The second-order valence-corrected chi connectivity index (χ2v) is 5.52. The molecule has 0 bridgehead atoms. The maximum absolute atomic E-state index is 12.3. The minimum atomic E-state index is -0.110. The van der Waals surface area contributed by atoms with Crippen LogP contribution in [0.15, 0.2) is 18.2 Å². The number of hydrogen-bond donors (Lipinski definition) is 0. The zero-order chi connectivity index (χ0) is 14.7. The van der Waals surface area contributed by atoms with Crippen LogP contribution in [-0.2, 0) is 4.79 Å². The molecule has 1 aromatic carbocycles. The Morgan fingerprint density at radius 3 is 2.15 bits per heavy atom. The summed E-state index contributed by atoms with van der Waals surface area (Å²) in [7, 11) is 0. The summed E-state index contributed by atoms with van der Waals surface area (Å²) < 4.78 is 0. The van der Waals surface area contributed by atoms with Crippen molar-refractivity contribution in [3.8, 4) is 0 Å². The molecule has 0 saturated carbocycles. The lowest BCUT2D eigenvalue weighted by atomic mass is 10.2. The smallest absolute Gasteiger partial charge is 0.254 e. The third-order valence-electron chi connectivity index (χ3n) is 3.20. The molecule has 1 aliphatic rings. The molecule has 4 nitrogen and oxygen atoms in total. The van der Waals surface area contributed by atoms with Crippen molar-refractivity contribution in [2.75, 3.05) is 32.1 Å². The highest BCUT2D eigenvalue weighted by Gasteiger charge is 2.24. The maximum atomic E-state index is 12.3. The predicted octanol–water partition coefficient (Wildman–Crippen LogP) is 2.52. The molecular formula is C13H13Cl3N2O2. The third kappa shape index (κ3) is 3.37. The van der Waals surface area contributed by atoms with Crippen LogP contribution in [0.25, 0.3) is 0 Å². The van der Waals surface area contributed by atoms with E-state index in [0.29, 0.717) is 41.8 Å². The largest absolute Gasteiger partial charge is 0.338 e. The Bertz CT molecular complexity index is 528. The van der Waals surface area contributed by atoms with Crippen molar-refractivity contribution in [3.63, 3.8) is 0 Å². The number of nitrogens with zero attached hydrogens (tertiary/aromatic N) is 2. The van der Waals surface area contributed by atoms with E-state index < -0.39 is 0 Å². The molecule has 2 amide bonds. The van der Waals surface area contributed by atoms with Crippen molar-refractivity contribution >= 4 is 46.6 Å². The lowest BCUT2D eigenvalue weighted by Gasteiger charge is -2.34. The molecule has 0 unspecified atom stereocenters. The molecule has 0 atom stereocenters. The quantitative estimate of drug-likeness (QED) is 0.779. The van der Waals surface area contributed by atoms with Gasteiger partial charge in [0.05, 0.1) is 10.0 Å². The second-order valence-electron chi connectivity index (χ2n) is 4.44. The van der Waals surface area contributed by atoms with E-state index >= 15 is 0 Å². The van der Waals surface area contributed by atoms with Crippen LogP contribution in [0.4, 0.5) is 0 Å². The average Bonchev–Trinajstić information content (AvgIpc) is 2.48. The van der Waals surface area contributed by atoms with Crippen LogP contribution in [0.5, 0.6) is 0 Å². The molecule has 0 radical (unpaired) electrons. The van der Waals surface area contributed by atoms with Gasteiger partial charge in [0, 0.05) is 31.7 Å². The number of piperazine rings is 1. The monoisotopic (exact) mass is 334 g/mol. The van der Waals surface area contributed by atoms with Crippen molar-refractivity contribution in [2.24, 2.45) is 0 Å². The number of benzene rings is 1. The van der Waals surface area contributed by atoms with E-state index in [4.69, 9.17) is 34.8 Å². The van der Waals surface area contributed by atoms with Gasteiger partial charge in [-0.3, -0.25) is 9.59 Å². The number of hydrogen-bond acceptors (Lipinski definition) is 2. The fourth-order valence-electron chi connectivity index (χ4n) is 2.06. The van der Waals surface area contributed by atoms with E-state index in [9.17, 15) is 9.59 Å². The summed E-state index contributed by atoms with van der Waals surface area (Å²) in [6.45, 7) is 1.97. The summed E-state index contributed by atoms with van der Waals surface area (Å²) in [4.78, 5) is 27.1. The standard InChI is InChI=1S/C13H13Cl3N2O2/c14-8-12(19)17-3-5-18(6-4-17)13(20)9-1-2-10(15)11(16)7-9/h1-2,7H,3-6,8H2. The predicted molar refractivity (Wildman–Crippen MR) is 79.7 cm³/mol. The number of carbonyl (C=O) groups excluding carboxylic acids is 2. The Balaban J connectivity index is 2.01. The molecule has 0 spiro atoms. The molecule has 0 aromatic heterocycles. The highest BCUT2D eigenvalue weighted by Crippen LogP contribution is 2.23. The van der Waals surface area contributed by atoms with Crippen LogP contribution in [0.2, 0.25) is 10.0 Å². The van der Waals surface area contributed by atoms with Gasteiger partial charge in [-0.1, -0.05) is 23.2 Å². The summed E-state index contributed by atoms with van der Waals surface area (Å²) in [5.74, 6) is -0.240. The van der Waals surface area contributed by atoms with E-state index in [2.05, 4.69) is 0 Å². The molecule has 1 aliphatic heterocycles. The molecule has 7 heteroatoms. The van der Waals surface area contributed by atoms with Gasteiger partial charge in [0.25, 0.3) is 5.91 Å². The summed E-state index contributed by atoms with van der Waals surface area (Å²) in [5.41, 5.74) is 0.497. The highest BCUT2D eigenvalue weighted by atomic mass is 35.5. The van der Waals surface area contributed by atoms with E-state index in [-0.39, 0.29) is 17.7 Å². The number of carbonyl (C=O) groups is 2. The van der Waals surface area contributed by atoms with Gasteiger partial charge in [-0.15, -0.1) is 11.6 Å². The first-order valence-corrected chi connectivity index (χ1v) is 7.40. The van der Waals surface area contributed by atoms with E-state index in [1.54, 1.807) is 28.0 Å². The first kappa shape index (κ1) is 15.4. The molecule has 1 aromatic rings. The molecule has 108 valence electrons. The van der Waals surface area contributed by atoms with Crippen LogP contribution in [0.3, 0.4) is 0 Å². The van der Waals surface area contributed by atoms with Crippen molar-refractivity contribution in [1.82, 2.24) is 9.80 Å². The SMILES string of the molecule is O=C(CCl)N1CCN(C(=O)c2ccc(Cl)c(Cl)c2)CC1. The van der Waals surface area contributed by atoms with Crippen LogP contribution in [0, 0.1) is 0 Å². The van der Waals surface area contributed by atoms with Crippen molar-refractivity contribution < 1.29 is 9.59 Å². The number of alkyl halides is 1. The first-order valence-electron chi connectivity index (χ1n) is 6.11. The summed E-state index contributed by atoms with van der Waals surface area (Å²) >= 11 is 17.3. The molecule has 1 fully saturated rings. The molecule has 2 rings (SSSR count). The molecule has 1 heterocycles.